The van der Waals surface area contributed by atoms with Crippen molar-refractivity contribution in [3.05, 3.63) is 59.4 Å². The minimum Gasteiger partial charge on any atom is -0.493 e. The van der Waals surface area contributed by atoms with E-state index in [2.05, 4.69) is 5.32 Å². The number of amides is 2. The Hall–Kier alpha value is -3.09. The number of carbonyl (C=O) groups is 2. The van der Waals surface area contributed by atoms with Crippen LogP contribution in [0.5, 0.6) is 11.5 Å². The zero-order valence-corrected chi connectivity index (χ0v) is 15.6. The summed E-state index contributed by atoms with van der Waals surface area (Å²) in [5, 5.41) is 2.78. The normalized spacial score (nSPS) is 10.2. The van der Waals surface area contributed by atoms with Crippen LogP contribution in [0.1, 0.15) is 22.8 Å². The van der Waals surface area contributed by atoms with E-state index >= 15 is 0 Å². The molecule has 1 N–H and O–H groups in total. The lowest BCUT2D eigenvalue weighted by Gasteiger charge is -2.21. The Morgan fingerprint density at radius 1 is 1.04 bits per heavy atom. The average molecular weight is 374 g/mol. The Labute approximate surface area is 157 Å². The highest BCUT2D eigenvalue weighted by atomic mass is 19.1. The summed E-state index contributed by atoms with van der Waals surface area (Å²) in [5.41, 5.74) is 1.25. The van der Waals surface area contributed by atoms with Crippen LogP contribution in [0, 0.1) is 5.82 Å². The molecule has 7 heteroatoms. The molecule has 27 heavy (non-hydrogen) atoms. The van der Waals surface area contributed by atoms with Crippen molar-refractivity contribution in [2.45, 2.75) is 13.5 Å². The number of halogens is 1. The SMILES string of the molecule is COc1ccc(C(=O)NCCN(Cc2ccc(F)cc2)C(C)=O)cc1OC. The maximum Gasteiger partial charge on any atom is 0.251 e. The number of benzene rings is 2. The lowest BCUT2D eigenvalue weighted by molar-refractivity contribution is -0.129. The Morgan fingerprint density at radius 3 is 2.30 bits per heavy atom. The lowest BCUT2D eigenvalue weighted by atomic mass is 10.2. The van der Waals surface area contributed by atoms with Gasteiger partial charge in [-0.3, -0.25) is 9.59 Å². The van der Waals surface area contributed by atoms with Gasteiger partial charge in [-0.25, -0.2) is 4.39 Å². The van der Waals surface area contributed by atoms with E-state index in [4.69, 9.17) is 9.47 Å². The fourth-order valence-corrected chi connectivity index (χ4v) is 2.54. The second kappa shape index (κ2) is 9.56. The van der Waals surface area contributed by atoms with Gasteiger partial charge in [-0.05, 0) is 35.9 Å². The van der Waals surface area contributed by atoms with Crippen molar-refractivity contribution < 1.29 is 23.5 Å². The average Bonchev–Trinajstić information content (AvgIpc) is 2.67. The van der Waals surface area contributed by atoms with Gasteiger partial charge in [0.2, 0.25) is 5.91 Å². The van der Waals surface area contributed by atoms with Gasteiger partial charge in [0.05, 0.1) is 14.2 Å². The summed E-state index contributed by atoms with van der Waals surface area (Å²) in [6.45, 7) is 2.43. The third-order valence-corrected chi connectivity index (χ3v) is 4.05. The van der Waals surface area contributed by atoms with Crippen molar-refractivity contribution >= 4 is 11.8 Å². The highest BCUT2D eigenvalue weighted by Crippen LogP contribution is 2.27. The summed E-state index contributed by atoms with van der Waals surface area (Å²) in [5.74, 6) is 0.277. The van der Waals surface area contributed by atoms with E-state index in [0.717, 1.165) is 5.56 Å². The van der Waals surface area contributed by atoms with Crippen LogP contribution in [0.15, 0.2) is 42.5 Å². The van der Waals surface area contributed by atoms with Gasteiger partial charge in [0, 0.05) is 32.1 Å². The molecule has 0 spiro atoms. The summed E-state index contributed by atoms with van der Waals surface area (Å²) in [4.78, 5) is 25.7. The summed E-state index contributed by atoms with van der Waals surface area (Å²) >= 11 is 0. The van der Waals surface area contributed by atoms with Gasteiger partial charge in [0.15, 0.2) is 11.5 Å². The third-order valence-electron chi connectivity index (χ3n) is 4.05. The molecule has 2 rings (SSSR count). The number of hydrogen-bond acceptors (Lipinski definition) is 4. The number of rotatable bonds is 8. The van der Waals surface area contributed by atoms with Crippen LogP contribution >= 0.6 is 0 Å². The third kappa shape index (κ3) is 5.70. The Kier molecular flexibility index (Phi) is 7.16. The van der Waals surface area contributed by atoms with Crippen LogP contribution in [0.25, 0.3) is 0 Å². The second-order valence-corrected chi connectivity index (χ2v) is 5.89. The molecule has 0 bridgehead atoms. The smallest absolute Gasteiger partial charge is 0.251 e. The largest absolute Gasteiger partial charge is 0.493 e. The van der Waals surface area contributed by atoms with Crippen molar-refractivity contribution in [2.24, 2.45) is 0 Å². The van der Waals surface area contributed by atoms with Crippen molar-refractivity contribution in [1.29, 1.82) is 0 Å². The molecule has 0 saturated heterocycles. The van der Waals surface area contributed by atoms with Crippen molar-refractivity contribution in [1.82, 2.24) is 10.2 Å². The molecular weight excluding hydrogens is 351 g/mol. The zero-order chi connectivity index (χ0) is 19.8. The quantitative estimate of drug-likeness (QED) is 0.771. The second-order valence-electron chi connectivity index (χ2n) is 5.89. The predicted octanol–water partition coefficient (Wildman–Crippen LogP) is 2.62. The molecule has 2 aromatic rings. The first-order valence-electron chi connectivity index (χ1n) is 8.44. The van der Waals surface area contributed by atoms with Gasteiger partial charge < -0.3 is 19.7 Å². The summed E-state index contributed by atoms with van der Waals surface area (Å²) < 4.78 is 23.3. The van der Waals surface area contributed by atoms with E-state index in [-0.39, 0.29) is 24.2 Å². The number of carbonyl (C=O) groups excluding carboxylic acids is 2. The molecule has 0 radical (unpaired) electrons. The molecule has 144 valence electrons. The fourth-order valence-electron chi connectivity index (χ4n) is 2.54. The molecule has 2 aromatic carbocycles. The molecule has 0 aliphatic carbocycles. The number of nitrogens with one attached hydrogen (secondary N) is 1. The highest BCUT2D eigenvalue weighted by molar-refractivity contribution is 5.94. The van der Waals surface area contributed by atoms with Crippen LogP contribution in [0.2, 0.25) is 0 Å². The fraction of sp³-hybridized carbons (Fsp3) is 0.300. The first-order valence-corrected chi connectivity index (χ1v) is 8.44. The highest BCUT2D eigenvalue weighted by Gasteiger charge is 2.13. The summed E-state index contributed by atoms with van der Waals surface area (Å²) in [7, 11) is 3.02. The molecule has 0 aliphatic rings. The Bertz CT molecular complexity index is 793. The van der Waals surface area contributed by atoms with Gasteiger partial charge in [-0.15, -0.1) is 0 Å². The molecule has 0 aromatic heterocycles. The number of hydrogen-bond donors (Lipinski definition) is 1. The van der Waals surface area contributed by atoms with Gasteiger partial charge in [-0.2, -0.15) is 0 Å². The first-order chi connectivity index (χ1) is 12.9. The molecule has 0 unspecified atom stereocenters. The van der Waals surface area contributed by atoms with E-state index < -0.39 is 0 Å². The van der Waals surface area contributed by atoms with Crippen molar-refractivity contribution in [3.63, 3.8) is 0 Å². The predicted molar refractivity (Wildman–Crippen MR) is 99.4 cm³/mol. The lowest BCUT2D eigenvalue weighted by Crippen LogP contribution is -2.37. The molecule has 6 nitrogen and oxygen atoms in total. The monoisotopic (exact) mass is 374 g/mol. The Morgan fingerprint density at radius 2 is 1.70 bits per heavy atom. The molecular formula is C20H23FN2O4. The van der Waals surface area contributed by atoms with Gasteiger partial charge in [0.1, 0.15) is 5.82 Å². The zero-order valence-electron chi connectivity index (χ0n) is 15.6. The maximum absolute atomic E-state index is 13.0. The summed E-state index contributed by atoms with van der Waals surface area (Å²) in [6, 6.07) is 10.9. The number of ether oxygens (including phenoxy) is 2. The van der Waals surface area contributed by atoms with Crippen LogP contribution in [-0.2, 0) is 11.3 Å². The van der Waals surface area contributed by atoms with Crippen LogP contribution in [0.3, 0.4) is 0 Å². The number of methoxy groups -OCH3 is 2. The van der Waals surface area contributed by atoms with E-state index in [1.165, 1.54) is 33.3 Å². The van der Waals surface area contributed by atoms with Gasteiger partial charge in [-0.1, -0.05) is 12.1 Å². The van der Waals surface area contributed by atoms with E-state index in [1.54, 1.807) is 35.2 Å². The minimum atomic E-state index is -0.324. The molecule has 0 atom stereocenters. The van der Waals surface area contributed by atoms with Gasteiger partial charge >= 0.3 is 0 Å². The minimum absolute atomic E-state index is 0.125. The van der Waals surface area contributed by atoms with Crippen LogP contribution < -0.4 is 14.8 Å². The van der Waals surface area contributed by atoms with Gasteiger partial charge in [0.25, 0.3) is 5.91 Å². The van der Waals surface area contributed by atoms with E-state index in [9.17, 15) is 14.0 Å². The van der Waals surface area contributed by atoms with Crippen LogP contribution in [0.4, 0.5) is 4.39 Å². The van der Waals surface area contributed by atoms with E-state index in [1.807, 2.05) is 0 Å². The molecule has 0 fully saturated rings. The van der Waals surface area contributed by atoms with Crippen molar-refractivity contribution in [3.8, 4) is 11.5 Å². The Balaban J connectivity index is 1.93. The van der Waals surface area contributed by atoms with E-state index in [0.29, 0.717) is 30.2 Å². The molecule has 0 aliphatic heterocycles. The number of nitrogens with zero attached hydrogens (tertiary/aromatic N) is 1. The standard InChI is InChI=1S/C20H23FN2O4/c1-14(24)23(13-15-4-7-17(21)8-5-15)11-10-22-20(25)16-6-9-18(26-2)19(12-16)27-3/h4-9,12H,10-11,13H2,1-3H3,(H,22,25). The molecule has 0 saturated carbocycles. The summed E-state index contributed by atoms with van der Waals surface area (Å²) in [6.07, 6.45) is 0. The molecule has 2 amide bonds. The van der Waals surface area contributed by atoms with Crippen molar-refractivity contribution in [2.75, 3.05) is 27.3 Å². The maximum atomic E-state index is 13.0. The first kappa shape index (κ1) is 20.2. The molecule has 0 heterocycles. The topological polar surface area (TPSA) is 67.9 Å². The van der Waals surface area contributed by atoms with Crippen LogP contribution in [-0.4, -0.2) is 44.0 Å².